The number of carbonyl (C=O) groups excluding carboxylic acids is 1. The molecule has 2 aliphatic rings. The number of piperazine rings is 2. The van der Waals surface area contributed by atoms with Crippen LogP contribution in [0.15, 0.2) is 48.5 Å². The minimum Gasteiger partial charge on any atom is -0.339 e. The van der Waals surface area contributed by atoms with Gasteiger partial charge in [0.2, 0.25) is 5.91 Å². The van der Waals surface area contributed by atoms with E-state index in [4.69, 9.17) is 0 Å². The first-order valence-electron chi connectivity index (χ1n) is 10.9. The van der Waals surface area contributed by atoms with Crippen LogP contribution in [0.25, 0.3) is 0 Å². The summed E-state index contributed by atoms with van der Waals surface area (Å²) in [7, 11) is 2.08. The number of amides is 1. The van der Waals surface area contributed by atoms with Gasteiger partial charge in [-0.25, -0.2) is 8.78 Å². The van der Waals surface area contributed by atoms with Crippen LogP contribution in [-0.2, 0) is 4.79 Å². The molecule has 1 amide bonds. The van der Waals surface area contributed by atoms with E-state index in [2.05, 4.69) is 21.7 Å². The molecule has 0 atom stereocenters. The van der Waals surface area contributed by atoms with Crippen molar-refractivity contribution in [3.05, 3.63) is 71.3 Å². The van der Waals surface area contributed by atoms with Gasteiger partial charge in [0.05, 0.1) is 12.6 Å². The number of benzene rings is 2. The Bertz CT molecular complexity index is 813. The van der Waals surface area contributed by atoms with Crippen molar-refractivity contribution in [1.82, 2.24) is 19.6 Å². The Labute approximate surface area is 182 Å². The maximum atomic E-state index is 13.5. The van der Waals surface area contributed by atoms with Crippen LogP contribution >= 0.6 is 0 Å². The van der Waals surface area contributed by atoms with Gasteiger partial charge in [-0.05, 0) is 42.4 Å². The molecule has 2 saturated heterocycles. The molecule has 166 valence electrons. The zero-order valence-corrected chi connectivity index (χ0v) is 18.0. The number of carbonyl (C=O) groups is 1. The highest BCUT2D eigenvalue weighted by Gasteiger charge is 2.28. The van der Waals surface area contributed by atoms with E-state index in [0.717, 1.165) is 63.5 Å². The number of hydrogen-bond acceptors (Lipinski definition) is 4. The standard InChI is InChI=1S/C24H30F2N4O/c1-27-10-14-29(15-11-27)23(31)18-28-12-16-30(17-13-28)24(19-2-6-21(25)7-3-19)20-4-8-22(26)9-5-20/h2-9,24H,10-18H2,1H3. The van der Waals surface area contributed by atoms with Crippen LogP contribution in [0.2, 0.25) is 0 Å². The fourth-order valence-corrected chi connectivity index (χ4v) is 4.43. The molecule has 0 N–H and O–H groups in total. The van der Waals surface area contributed by atoms with Gasteiger partial charge >= 0.3 is 0 Å². The van der Waals surface area contributed by atoms with E-state index >= 15 is 0 Å². The normalized spacial score (nSPS) is 19.2. The lowest BCUT2D eigenvalue weighted by molar-refractivity contribution is -0.134. The van der Waals surface area contributed by atoms with Gasteiger partial charge in [-0.2, -0.15) is 0 Å². The highest BCUT2D eigenvalue weighted by Crippen LogP contribution is 2.30. The van der Waals surface area contributed by atoms with E-state index in [1.807, 2.05) is 4.90 Å². The van der Waals surface area contributed by atoms with Crippen molar-refractivity contribution in [2.45, 2.75) is 6.04 Å². The summed E-state index contributed by atoms with van der Waals surface area (Å²) in [6.45, 7) is 7.06. The zero-order chi connectivity index (χ0) is 21.8. The maximum absolute atomic E-state index is 13.5. The van der Waals surface area contributed by atoms with Crippen LogP contribution in [0.1, 0.15) is 17.2 Å². The summed E-state index contributed by atoms with van der Waals surface area (Å²) in [5.74, 6) is -0.335. The van der Waals surface area contributed by atoms with Crippen LogP contribution in [0, 0.1) is 11.6 Å². The lowest BCUT2D eigenvalue weighted by Crippen LogP contribution is -2.53. The summed E-state index contributed by atoms with van der Waals surface area (Å²) >= 11 is 0. The first-order chi connectivity index (χ1) is 15.0. The Hall–Kier alpha value is -2.35. The van der Waals surface area contributed by atoms with Gasteiger partial charge in [-0.3, -0.25) is 14.6 Å². The topological polar surface area (TPSA) is 30.0 Å². The summed E-state index contributed by atoms with van der Waals surface area (Å²) in [6, 6.07) is 13.0. The van der Waals surface area contributed by atoms with Crippen LogP contribution in [0.4, 0.5) is 8.78 Å². The molecule has 0 unspecified atom stereocenters. The van der Waals surface area contributed by atoms with Crippen molar-refractivity contribution in [3.63, 3.8) is 0 Å². The Morgan fingerprint density at radius 1 is 0.774 bits per heavy atom. The second-order valence-corrected chi connectivity index (χ2v) is 8.50. The Kier molecular flexibility index (Phi) is 6.95. The molecule has 2 aromatic rings. The fraction of sp³-hybridized carbons (Fsp3) is 0.458. The highest BCUT2D eigenvalue weighted by atomic mass is 19.1. The van der Waals surface area contributed by atoms with Crippen LogP contribution < -0.4 is 0 Å². The van der Waals surface area contributed by atoms with Crippen LogP contribution in [-0.4, -0.2) is 91.5 Å². The average Bonchev–Trinajstić information content (AvgIpc) is 2.78. The molecule has 31 heavy (non-hydrogen) atoms. The smallest absolute Gasteiger partial charge is 0.236 e. The first kappa shape index (κ1) is 21.9. The molecule has 0 bridgehead atoms. The summed E-state index contributed by atoms with van der Waals surface area (Å²) in [6.07, 6.45) is 0. The average molecular weight is 429 g/mol. The van der Waals surface area contributed by atoms with Crippen molar-refractivity contribution in [1.29, 1.82) is 0 Å². The maximum Gasteiger partial charge on any atom is 0.236 e. The van der Waals surface area contributed by atoms with E-state index in [1.165, 1.54) is 24.3 Å². The molecule has 0 radical (unpaired) electrons. The van der Waals surface area contributed by atoms with E-state index in [9.17, 15) is 13.6 Å². The molecule has 7 heteroatoms. The van der Waals surface area contributed by atoms with E-state index in [1.54, 1.807) is 24.3 Å². The number of rotatable bonds is 5. The SMILES string of the molecule is CN1CCN(C(=O)CN2CCN(C(c3ccc(F)cc3)c3ccc(F)cc3)CC2)CC1. The molecule has 0 aliphatic carbocycles. The molecule has 2 heterocycles. The van der Waals surface area contributed by atoms with Crippen molar-refractivity contribution >= 4 is 5.91 Å². The summed E-state index contributed by atoms with van der Waals surface area (Å²) in [4.78, 5) is 21.4. The van der Waals surface area contributed by atoms with E-state index in [-0.39, 0.29) is 23.6 Å². The van der Waals surface area contributed by atoms with Gasteiger partial charge in [0, 0.05) is 52.4 Å². The lowest BCUT2D eigenvalue weighted by atomic mass is 9.96. The quantitative estimate of drug-likeness (QED) is 0.732. The molecular formula is C24H30F2N4O. The Morgan fingerprint density at radius 3 is 1.74 bits per heavy atom. The van der Waals surface area contributed by atoms with Gasteiger partial charge in [-0.1, -0.05) is 24.3 Å². The fourth-order valence-electron chi connectivity index (χ4n) is 4.43. The van der Waals surface area contributed by atoms with Gasteiger partial charge in [0.25, 0.3) is 0 Å². The molecular weight excluding hydrogens is 398 g/mol. The third kappa shape index (κ3) is 5.47. The molecule has 0 saturated carbocycles. The van der Waals surface area contributed by atoms with E-state index in [0.29, 0.717) is 6.54 Å². The molecule has 0 aromatic heterocycles. The van der Waals surface area contributed by atoms with Crippen molar-refractivity contribution in [2.75, 3.05) is 66.0 Å². The Balaban J connectivity index is 1.41. The molecule has 2 aliphatic heterocycles. The predicted molar refractivity (Wildman–Crippen MR) is 117 cm³/mol. The van der Waals surface area contributed by atoms with Gasteiger partial charge < -0.3 is 9.80 Å². The summed E-state index contributed by atoms with van der Waals surface area (Å²) < 4.78 is 27.0. The highest BCUT2D eigenvalue weighted by molar-refractivity contribution is 5.78. The second kappa shape index (κ2) is 9.85. The van der Waals surface area contributed by atoms with Crippen molar-refractivity contribution in [2.24, 2.45) is 0 Å². The van der Waals surface area contributed by atoms with Crippen molar-refractivity contribution < 1.29 is 13.6 Å². The largest absolute Gasteiger partial charge is 0.339 e. The minimum absolute atomic E-state index is 0.0725. The minimum atomic E-state index is -0.270. The second-order valence-electron chi connectivity index (χ2n) is 8.50. The molecule has 2 fully saturated rings. The van der Waals surface area contributed by atoms with Crippen LogP contribution in [0.5, 0.6) is 0 Å². The molecule has 2 aromatic carbocycles. The molecule has 0 spiro atoms. The third-order valence-electron chi connectivity index (χ3n) is 6.36. The summed E-state index contributed by atoms with van der Waals surface area (Å²) in [5, 5.41) is 0. The van der Waals surface area contributed by atoms with Crippen molar-refractivity contribution in [3.8, 4) is 0 Å². The number of nitrogens with zero attached hydrogens (tertiary/aromatic N) is 4. The monoisotopic (exact) mass is 428 g/mol. The van der Waals surface area contributed by atoms with Gasteiger partial charge in [0.15, 0.2) is 0 Å². The lowest BCUT2D eigenvalue weighted by Gasteiger charge is -2.40. The zero-order valence-electron chi connectivity index (χ0n) is 18.0. The van der Waals surface area contributed by atoms with E-state index < -0.39 is 0 Å². The van der Waals surface area contributed by atoms with Crippen LogP contribution in [0.3, 0.4) is 0 Å². The number of likely N-dealkylation sites (N-methyl/N-ethyl adjacent to an activating group) is 1. The Morgan fingerprint density at radius 2 is 1.26 bits per heavy atom. The number of hydrogen-bond donors (Lipinski definition) is 0. The third-order valence-corrected chi connectivity index (χ3v) is 6.36. The van der Waals surface area contributed by atoms with Gasteiger partial charge in [0.1, 0.15) is 11.6 Å². The van der Waals surface area contributed by atoms with Gasteiger partial charge in [-0.15, -0.1) is 0 Å². The molecule has 5 nitrogen and oxygen atoms in total. The molecule has 4 rings (SSSR count). The first-order valence-corrected chi connectivity index (χ1v) is 10.9. The number of halogens is 2. The predicted octanol–water partition coefficient (Wildman–Crippen LogP) is 2.45. The summed E-state index contributed by atoms with van der Waals surface area (Å²) in [5.41, 5.74) is 1.96.